The molecule has 9 heteroatoms. The smallest absolute Gasteiger partial charge is 0.387 e. The van der Waals surface area contributed by atoms with Crippen LogP contribution in [0.2, 0.25) is 0 Å². The Kier molecular flexibility index (Phi) is 11.7. The van der Waals surface area contributed by atoms with E-state index < -0.39 is 6.61 Å². The van der Waals surface area contributed by atoms with Gasteiger partial charge in [0.1, 0.15) is 5.75 Å². The molecule has 0 aliphatic rings. The minimum atomic E-state index is -2.89. The number of alkyl halides is 2. The number of hydrogen-bond acceptors (Lipinski definition) is 3. The molecule has 0 fully saturated rings. The summed E-state index contributed by atoms with van der Waals surface area (Å²) in [6.45, 7) is -0.230. The zero-order chi connectivity index (χ0) is 21.1. The number of aryl methyl sites for hydroxylation is 1. The third-order valence-corrected chi connectivity index (χ3v) is 4.10. The summed E-state index contributed by atoms with van der Waals surface area (Å²) in [5.74, 6) is 0.320. The molecule has 0 spiro atoms. The van der Waals surface area contributed by atoms with Crippen molar-refractivity contribution < 1.29 is 18.3 Å². The van der Waals surface area contributed by atoms with E-state index in [1.165, 1.54) is 6.07 Å². The molecule has 2 rings (SSSR count). The van der Waals surface area contributed by atoms with Crippen LogP contribution in [-0.2, 0) is 17.8 Å². The van der Waals surface area contributed by atoms with E-state index in [9.17, 15) is 13.6 Å². The van der Waals surface area contributed by atoms with Crippen LogP contribution in [0.15, 0.2) is 53.5 Å². The van der Waals surface area contributed by atoms with Crippen LogP contribution >= 0.6 is 24.0 Å². The summed E-state index contributed by atoms with van der Waals surface area (Å²) in [4.78, 5) is 16.0. The van der Waals surface area contributed by atoms with Gasteiger partial charge in [-0.15, -0.1) is 24.0 Å². The number of amides is 1. The summed E-state index contributed by atoms with van der Waals surface area (Å²) in [6.07, 6.45) is 0.750. The van der Waals surface area contributed by atoms with Crippen molar-refractivity contribution in [3.05, 3.63) is 65.2 Å². The fraction of sp³-hybridized carbons (Fsp3) is 0.333. The molecule has 2 aromatic rings. The molecule has 1 amide bonds. The molecule has 0 unspecified atom stereocenters. The molecular weight excluding hydrogens is 505 g/mol. The standard InChI is InChI=1S/C21H26F2N4O2.HI/c1-15-8-9-18(29-20(22)23)17(12-15)13-26-21(24-2)27-14-19(28)25-11-10-16-6-4-3-5-7-16;/h3-9,12,20H,10-11,13-14H2,1-2H3,(H,25,28)(H2,24,26,27);1H. The highest BCUT2D eigenvalue weighted by atomic mass is 127. The lowest BCUT2D eigenvalue weighted by molar-refractivity contribution is -0.119. The number of guanidine groups is 1. The minimum Gasteiger partial charge on any atom is -0.434 e. The lowest BCUT2D eigenvalue weighted by atomic mass is 10.1. The topological polar surface area (TPSA) is 74.8 Å². The number of nitrogens with zero attached hydrogens (tertiary/aromatic N) is 1. The van der Waals surface area contributed by atoms with Crippen LogP contribution in [0.1, 0.15) is 16.7 Å². The first kappa shape index (κ1) is 25.6. The van der Waals surface area contributed by atoms with Gasteiger partial charge in [0.25, 0.3) is 0 Å². The molecule has 2 aromatic carbocycles. The van der Waals surface area contributed by atoms with Gasteiger partial charge < -0.3 is 20.7 Å². The van der Waals surface area contributed by atoms with Crippen molar-refractivity contribution in [2.45, 2.75) is 26.5 Å². The number of rotatable bonds is 9. The Morgan fingerprint density at radius 1 is 1.10 bits per heavy atom. The van der Waals surface area contributed by atoms with Gasteiger partial charge in [0, 0.05) is 25.7 Å². The maximum absolute atomic E-state index is 12.6. The highest BCUT2D eigenvalue weighted by Crippen LogP contribution is 2.21. The fourth-order valence-electron chi connectivity index (χ4n) is 2.67. The molecule has 0 saturated carbocycles. The molecule has 0 aromatic heterocycles. The Morgan fingerprint density at radius 3 is 2.50 bits per heavy atom. The van der Waals surface area contributed by atoms with Gasteiger partial charge in [0.05, 0.1) is 6.54 Å². The second kappa shape index (κ2) is 13.7. The third kappa shape index (κ3) is 9.38. The van der Waals surface area contributed by atoms with Crippen molar-refractivity contribution in [1.82, 2.24) is 16.0 Å². The minimum absolute atomic E-state index is 0. The zero-order valence-corrected chi connectivity index (χ0v) is 19.3. The Balaban J connectivity index is 0.00000450. The maximum Gasteiger partial charge on any atom is 0.387 e. The normalized spacial score (nSPS) is 10.9. The van der Waals surface area contributed by atoms with Crippen LogP contribution in [-0.4, -0.2) is 38.6 Å². The summed E-state index contributed by atoms with van der Waals surface area (Å²) < 4.78 is 29.7. The monoisotopic (exact) mass is 532 g/mol. The van der Waals surface area contributed by atoms with E-state index in [1.807, 2.05) is 37.3 Å². The van der Waals surface area contributed by atoms with Gasteiger partial charge in [-0.05, 0) is 25.0 Å². The summed E-state index contributed by atoms with van der Waals surface area (Å²) in [5, 5.41) is 8.73. The second-order valence-electron chi connectivity index (χ2n) is 6.35. The molecule has 30 heavy (non-hydrogen) atoms. The molecule has 0 bridgehead atoms. The van der Waals surface area contributed by atoms with Crippen molar-refractivity contribution in [2.75, 3.05) is 20.1 Å². The van der Waals surface area contributed by atoms with Crippen molar-refractivity contribution in [2.24, 2.45) is 4.99 Å². The van der Waals surface area contributed by atoms with Crippen LogP contribution in [0.5, 0.6) is 5.75 Å². The van der Waals surface area contributed by atoms with Gasteiger partial charge in [-0.3, -0.25) is 9.79 Å². The summed E-state index contributed by atoms with van der Waals surface area (Å²) in [6, 6.07) is 14.9. The van der Waals surface area contributed by atoms with Crippen LogP contribution in [0.4, 0.5) is 8.78 Å². The lowest BCUT2D eigenvalue weighted by Gasteiger charge is -2.15. The van der Waals surface area contributed by atoms with Gasteiger partial charge in [-0.2, -0.15) is 8.78 Å². The second-order valence-corrected chi connectivity index (χ2v) is 6.35. The fourth-order valence-corrected chi connectivity index (χ4v) is 2.67. The first-order chi connectivity index (χ1) is 14.0. The highest BCUT2D eigenvalue weighted by Gasteiger charge is 2.11. The average molecular weight is 532 g/mol. The van der Waals surface area contributed by atoms with Crippen LogP contribution in [0.25, 0.3) is 0 Å². The third-order valence-electron chi connectivity index (χ3n) is 4.10. The molecule has 0 saturated heterocycles. The number of benzene rings is 2. The highest BCUT2D eigenvalue weighted by molar-refractivity contribution is 14.0. The summed E-state index contributed by atoms with van der Waals surface area (Å²) in [5.41, 5.74) is 2.64. The van der Waals surface area contributed by atoms with Gasteiger partial charge in [-0.25, -0.2) is 0 Å². The molecule has 0 atom stereocenters. The van der Waals surface area contributed by atoms with Gasteiger partial charge in [0.15, 0.2) is 5.96 Å². The van der Waals surface area contributed by atoms with Gasteiger partial charge >= 0.3 is 6.61 Å². The molecule has 6 nitrogen and oxygen atoms in total. The summed E-state index contributed by atoms with van der Waals surface area (Å²) in [7, 11) is 1.56. The van der Waals surface area contributed by atoms with Crippen molar-refractivity contribution in [3.8, 4) is 5.75 Å². The Bertz CT molecular complexity index is 820. The van der Waals surface area contributed by atoms with E-state index in [4.69, 9.17) is 0 Å². The molecular formula is C21H27F2IN4O2. The van der Waals surface area contributed by atoms with Crippen LogP contribution < -0.4 is 20.7 Å². The number of hydrogen-bond donors (Lipinski definition) is 3. The number of halogens is 3. The molecule has 0 aliphatic carbocycles. The largest absolute Gasteiger partial charge is 0.434 e. The predicted molar refractivity (Wildman–Crippen MR) is 125 cm³/mol. The van der Waals surface area contributed by atoms with Crippen LogP contribution in [0.3, 0.4) is 0 Å². The van der Waals surface area contributed by atoms with Crippen LogP contribution in [0, 0.1) is 6.92 Å². The molecule has 0 aliphatic heterocycles. The van der Waals surface area contributed by atoms with Crippen molar-refractivity contribution >= 4 is 35.8 Å². The first-order valence-electron chi connectivity index (χ1n) is 9.27. The molecule has 164 valence electrons. The van der Waals surface area contributed by atoms with Crippen molar-refractivity contribution in [3.63, 3.8) is 0 Å². The summed E-state index contributed by atoms with van der Waals surface area (Å²) >= 11 is 0. The number of carbonyl (C=O) groups excluding carboxylic acids is 1. The van der Waals surface area contributed by atoms with E-state index in [0.29, 0.717) is 18.1 Å². The predicted octanol–water partition coefficient (Wildman–Crippen LogP) is 3.24. The number of aliphatic imine (C=N–C) groups is 1. The zero-order valence-electron chi connectivity index (χ0n) is 17.0. The number of ether oxygens (including phenoxy) is 1. The van der Waals surface area contributed by atoms with Gasteiger partial charge in [0.2, 0.25) is 5.91 Å². The Labute approximate surface area is 192 Å². The average Bonchev–Trinajstić information content (AvgIpc) is 2.70. The SMILES string of the molecule is CN=C(NCC(=O)NCCc1ccccc1)NCc1cc(C)ccc1OC(F)F.I. The molecule has 3 N–H and O–H groups in total. The Hall–Kier alpha value is -2.43. The quantitative estimate of drug-likeness (QED) is 0.264. The van der Waals surface area contributed by atoms with Gasteiger partial charge in [-0.1, -0.05) is 48.0 Å². The number of carbonyl (C=O) groups is 1. The van der Waals surface area contributed by atoms with E-state index >= 15 is 0 Å². The molecule has 0 heterocycles. The van der Waals surface area contributed by atoms with E-state index in [1.54, 1.807) is 19.2 Å². The van der Waals surface area contributed by atoms with E-state index in [0.717, 1.165) is 17.5 Å². The van der Waals surface area contributed by atoms with Crippen molar-refractivity contribution in [1.29, 1.82) is 0 Å². The number of nitrogens with one attached hydrogen (secondary N) is 3. The Morgan fingerprint density at radius 2 is 1.83 bits per heavy atom. The first-order valence-corrected chi connectivity index (χ1v) is 9.27. The van der Waals surface area contributed by atoms with E-state index in [-0.39, 0.29) is 48.7 Å². The van der Waals surface area contributed by atoms with E-state index in [2.05, 4.69) is 25.7 Å². The maximum atomic E-state index is 12.6. The molecule has 0 radical (unpaired) electrons. The lowest BCUT2D eigenvalue weighted by Crippen LogP contribution is -2.43.